The first-order valence-corrected chi connectivity index (χ1v) is 21.9. The second kappa shape index (κ2) is 40.6. The Hall–Kier alpha value is -0.870. The van der Waals surface area contributed by atoms with Gasteiger partial charge in [0.15, 0.2) is 0 Å². The molecule has 4 nitrogen and oxygen atoms in total. The number of aliphatic hydroxyl groups is 2. The molecule has 0 aliphatic heterocycles. The molecule has 0 unspecified atom stereocenters. The molecule has 0 aromatic heterocycles. The second-order valence-electron chi connectivity index (χ2n) is 15.1. The number of hydrogen-bond donors (Lipinski definition) is 3. The van der Waals surface area contributed by atoms with Gasteiger partial charge in [-0.2, -0.15) is 0 Å². The minimum atomic E-state index is -0.832. The standard InChI is InChI=1S/C44H87NO3/c1-3-5-7-9-11-13-15-17-18-19-20-21-22-23-24-25-26-28-30-32-34-36-38-40-44(48)45-42(41-46)43(47)39-37-35-33-31-29-27-16-14-12-10-8-6-4-2/h37,39,42-43,46-47H,3-36,38,40-41H2,1-2H3,(H,45,48)/b39-37+/t42-,43+/m0/s1. The van der Waals surface area contributed by atoms with Crippen molar-refractivity contribution in [2.75, 3.05) is 6.61 Å². The Labute approximate surface area is 301 Å². The Bertz CT molecular complexity index is 651. The minimum absolute atomic E-state index is 0.0599. The van der Waals surface area contributed by atoms with Crippen LogP contribution in [0.4, 0.5) is 0 Å². The molecule has 0 aromatic carbocycles. The highest BCUT2D eigenvalue weighted by Gasteiger charge is 2.17. The number of carbonyl (C=O) groups excluding carboxylic acids is 1. The van der Waals surface area contributed by atoms with Crippen LogP contribution in [0, 0.1) is 0 Å². The van der Waals surface area contributed by atoms with Gasteiger partial charge in [0.2, 0.25) is 5.91 Å². The molecule has 48 heavy (non-hydrogen) atoms. The molecule has 4 heteroatoms. The van der Waals surface area contributed by atoms with E-state index in [0.29, 0.717) is 6.42 Å². The van der Waals surface area contributed by atoms with Crippen LogP contribution in [0.1, 0.15) is 245 Å². The monoisotopic (exact) mass is 678 g/mol. The topological polar surface area (TPSA) is 69.6 Å². The molecule has 0 aliphatic carbocycles. The Morgan fingerprint density at radius 3 is 1.08 bits per heavy atom. The third kappa shape index (κ3) is 36.4. The lowest BCUT2D eigenvalue weighted by atomic mass is 10.0. The highest BCUT2D eigenvalue weighted by Crippen LogP contribution is 2.16. The van der Waals surface area contributed by atoms with E-state index >= 15 is 0 Å². The van der Waals surface area contributed by atoms with Gasteiger partial charge in [0.05, 0.1) is 18.8 Å². The van der Waals surface area contributed by atoms with Crippen LogP contribution in [-0.2, 0) is 4.79 Å². The molecule has 0 heterocycles. The first kappa shape index (κ1) is 47.1. The van der Waals surface area contributed by atoms with E-state index in [-0.39, 0.29) is 12.5 Å². The summed E-state index contributed by atoms with van der Waals surface area (Å²) < 4.78 is 0. The van der Waals surface area contributed by atoms with Gasteiger partial charge in [-0.25, -0.2) is 0 Å². The van der Waals surface area contributed by atoms with Gasteiger partial charge in [-0.05, 0) is 19.3 Å². The van der Waals surface area contributed by atoms with Gasteiger partial charge in [-0.1, -0.05) is 231 Å². The van der Waals surface area contributed by atoms with Crippen LogP contribution in [0.25, 0.3) is 0 Å². The molecule has 0 radical (unpaired) electrons. The number of aliphatic hydroxyl groups excluding tert-OH is 2. The number of nitrogens with one attached hydrogen (secondary N) is 1. The van der Waals surface area contributed by atoms with Crippen molar-refractivity contribution in [3.63, 3.8) is 0 Å². The molecule has 0 saturated carbocycles. The van der Waals surface area contributed by atoms with Gasteiger partial charge in [-0.15, -0.1) is 0 Å². The Morgan fingerprint density at radius 2 is 0.771 bits per heavy atom. The molecule has 286 valence electrons. The van der Waals surface area contributed by atoms with Crippen LogP contribution < -0.4 is 5.32 Å². The number of allylic oxidation sites excluding steroid dienone is 1. The summed E-state index contributed by atoms with van der Waals surface area (Å²) in [6, 6.07) is -0.615. The maximum Gasteiger partial charge on any atom is 0.220 e. The number of hydrogen-bond acceptors (Lipinski definition) is 3. The maximum absolute atomic E-state index is 12.4. The average Bonchev–Trinajstić information content (AvgIpc) is 3.09. The van der Waals surface area contributed by atoms with Gasteiger partial charge in [0, 0.05) is 6.42 Å². The Kier molecular flexibility index (Phi) is 39.8. The van der Waals surface area contributed by atoms with Gasteiger partial charge >= 0.3 is 0 Å². The van der Waals surface area contributed by atoms with Crippen molar-refractivity contribution in [3.8, 4) is 0 Å². The zero-order chi connectivity index (χ0) is 35.0. The average molecular weight is 678 g/mol. The van der Waals surface area contributed by atoms with E-state index in [1.807, 2.05) is 6.08 Å². The highest BCUT2D eigenvalue weighted by molar-refractivity contribution is 5.76. The lowest BCUT2D eigenvalue weighted by Gasteiger charge is -2.20. The molecule has 0 bridgehead atoms. The van der Waals surface area contributed by atoms with E-state index in [1.54, 1.807) is 6.08 Å². The van der Waals surface area contributed by atoms with Gasteiger partial charge in [-0.3, -0.25) is 4.79 Å². The van der Waals surface area contributed by atoms with Crippen LogP contribution in [0.5, 0.6) is 0 Å². The SMILES string of the molecule is CCCCCCCCCCCCC/C=C/[C@@H](O)[C@H](CO)NC(=O)CCCCCCCCCCCCCCCCCCCCCCCCC. The molecular formula is C44H87NO3. The van der Waals surface area contributed by atoms with E-state index in [1.165, 1.54) is 199 Å². The molecule has 2 atom stereocenters. The molecule has 3 N–H and O–H groups in total. The van der Waals surface area contributed by atoms with E-state index in [4.69, 9.17) is 0 Å². The van der Waals surface area contributed by atoms with E-state index < -0.39 is 12.1 Å². The molecular weight excluding hydrogens is 590 g/mol. The summed E-state index contributed by atoms with van der Waals surface area (Å²) in [5.41, 5.74) is 0. The molecule has 0 saturated heterocycles. The van der Waals surface area contributed by atoms with Gasteiger partial charge in [0.1, 0.15) is 0 Å². The molecule has 0 spiro atoms. The lowest BCUT2D eigenvalue weighted by molar-refractivity contribution is -0.123. The molecule has 0 rings (SSSR count). The van der Waals surface area contributed by atoms with Crippen molar-refractivity contribution >= 4 is 5.91 Å². The van der Waals surface area contributed by atoms with E-state index in [2.05, 4.69) is 19.2 Å². The number of unbranched alkanes of at least 4 members (excludes halogenated alkanes) is 33. The summed E-state index contributed by atoms with van der Waals surface area (Å²) in [7, 11) is 0. The fourth-order valence-corrected chi connectivity index (χ4v) is 6.89. The van der Waals surface area contributed by atoms with Crippen molar-refractivity contribution in [1.29, 1.82) is 0 Å². The second-order valence-corrected chi connectivity index (χ2v) is 15.1. The third-order valence-electron chi connectivity index (χ3n) is 10.3. The van der Waals surface area contributed by atoms with Crippen molar-refractivity contribution in [3.05, 3.63) is 12.2 Å². The van der Waals surface area contributed by atoms with Gasteiger partial charge < -0.3 is 15.5 Å². The molecule has 1 amide bonds. The van der Waals surface area contributed by atoms with Crippen molar-refractivity contribution in [1.82, 2.24) is 5.32 Å². The Morgan fingerprint density at radius 1 is 0.479 bits per heavy atom. The van der Waals surface area contributed by atoms with Gasteiger partial charge in [0.25, 0.3) is 0 Å². The van der Waals surface area contributed by atoms with E-state index in [0.717, 1.165) is 25.7 Å². The summed E-state index contributed by atoms with van der Waals surface area (Å²) in [5, 5.41) is 23.0. The number of carbonyl (C=O) groups is 1. The van der Waals surface area contributed by atoms with Crippen LogP contribution in [0.3, 0.4) is 0 Å². The molecule has 0 aromatic rings. The predicted molar refractivity (Wildman–Crippen MR) is 212 cm³/mol. The zero-order valence-corrected chi connectivity index (χ0v) is 32.8. The smallest absolute Gasteiger partial charge is 0.220 e. The fraction of sp³-hybridized carbons (Fsp3) is 0.932. The van der Waals surface area contributed by atoms with E-state index in [9.17, 15) is 15.0 Å². The number of rotatable bonds is 40. The first-order valence-electron chi connectivity index (χ1n) is 21.9. The lowest BCUT2D eigenvalue weighted by Crippen LogP contribution is -2.45. The van der Waals surface area contributed by atoms with Crippen LogP contribution in [-0.4, -0.2) is 34.9 Å². The fourth-order valence-electron chi connectivity index (χ4n) is 6.89. The quantitative estimate of drug-likeness (QED) is 0.0446. The molecule has 0 aliphatic rings. The Balaban J connectivity index is 3.48. The van der Waals surface area contributed by atoms with Crippen molar-refractivity contribution in [2.24, 2.45) is 0 Å². The summed E-state index contributed by atoms with van der Waals surface area (Å²) in [5.74, 6) is -0.0599. The third-order valence-corrected chi connectivity index (χ3v) is 10.3. The number of amides is 1. The predicted octanol–water partition coefficient (Wildman–Crippen LogP) is 13.5. The van der Waals surface area contributed by atoms with Crippen molar-refractivity contribution < 1.29 is 15.0 Å². The minimum Gasteiger partial charge on any atom is -0.394 e. The highest BCUT2D eigenvalue weighted by atomic mass is 16.3. The van der Waals surface area contributed by atoms with Crippen LogP contribution in [0.2, 0.25) is 0 Å². The van der Waals surface area contributed by atoms with Crippen LogP contribution in [0.15, 0.2) is 12.2 Å². The first-order chi connectivity index (χ1) is 23.7. The summed E-state index contributed by atoms with van der Waals surface area (Å²) in [4.78, 5) is 12.4. The van der Waals surface area contributed by atoms with Crippen molar-refractivity contribution in [2.45, 2.75) is 257 Å². The largest absolute Gasteiger partial charge is 0.394 e. The maximum atomic E-state index is 12.4. The van der Waals surface area contributed by atoms with Crippen LogP contribution >= 0.6 is 0 Å². The zero-order valence-electron chi connectivity index (χ0n) is 32.8. The summed E-state index contributed by atoms with van der Waals surface area (Å²) in [6.07, 6.45) is 50.4. The summed E-state index contributed by atoms with van der Waals surface area (Å²) >= 11 is 0. The molecule has 0 fully saturated rings. The normalized spacial score (nSPS) is 13.0. The summed E-state index contributed by atoms with van der Waals surface area (Å²) in [6.45, 7) is 4.32.